The minimum Gasteiger partial charge on any atom is -0.311 e. The van der Waals surface area contributed by atoms with Crippen molar-refractivity contribution in [2.24, 2.45) is 0 Å². The molecule has 1 nitrogen and oxygen atoms in total. The third kappa shape index (κ3) is 5.56. The topological polar surface area (TPSA) is 3.24 Å². The largest absolute Gasteiger partial charge is 0.311 e. The maximum Gasteiger partial charge on any atom is 0.0713 e. The lowest BCUT2D eigenvalue weighted by Crippen LogP contribution is -2.28. The summed E-state index contributed by atoms with van der Waals surface area (Å²) in [6.45, 7) is 0. The van der Waals surface area contributed by atoms with Crippen molar-refractivity contribution in [2.75, 3.05) is 4.90 Å². The van der Waals surface area contributed by atoms with Crippen LogP contribution in [-0.4, -0.2) is 0 Å². The summed E-state index contributed by atoms with van der Waals surface area (Å²) >= 11 is 0. The lowest BCUT2D eigenvalue weighted by Gasteiger charge is -2.35. The van der Waals surface area contributed by atoms with Gasteiger partial charge in [-0.15, -0.1) is 0 Å². The zero-order valence-corrected chi connectivity index (χ0v) is 34.8. The van der Waals surface area contributed by atoms with Crippen LogP contribution in [0.25, 0.3) is 33.4 Å². The highest BCUT2D eigenvalue weighted by molar-refractivity contribution is 5.88. The second-order valence-electron chi connectivity index (χ2n) is 16.8. The Balaban J connectivity index is 1.02. The van der Waals surface area contributed by atoms with E-state index in [0.29, 0.717) is 0 Å². The molecule has 1 heteroatoms. The first-order chi connectivity index (χ1) is 31.3. The summed E-state index contributed by atoms with van der Waals surface area (Å²) in [6, 6.07) is 96.2. The van der Waals surface area contributed by atoms with Crippen molar-refractivity contribution in [3.05, 3.63) is 305 Å². The molecule has 0 aromatic heterocycles. The minimum atomic E-state index is -0.462. The van der Waals surface area contributed by atoms with Crippen LogP contribution in [0.15, 0.2) is 261 Å². The highest BCUT2D eigenvalue weighted by Crippen LogP contribution is 2.58. The normalized spacial score (nSPS) is 13.7. The molecule has 0 saturated carbocycles. The summed E-state index contributed by atoms with van der Waals surface area (Å²) in [5, 5.41) is 0. The molecule has 12 rings (SSSR count). The molecule has 0 fully saturated rings. The molecular formula is C62H43N. The first kappa shape index (κ1) is 36.8. The molecule has 0 heterocycles. The molecule has 0 aliphatic heterocycles. The van der Waals surface area contributed by atoms with Gasteiger partial charge in [0.2, 0.25) is 0 Å². The number of hydrogen-bond donors (Lipinski definition) is 0. The lowest BCUT2D eigenvalue weighted by atomic mass is 9.67. The third-order valence-corrected chi connectivity index (χ3v) is 13.7. The number of anilines is 3. The van der Waals surface area contributed by atoms with E-state index in [0.717, 1.165) is 17.1 Å². The Hall–Kier alpha value is -8.00. The van der Waals surface area contributed by atoms with Crippen LogP contribution in [0.3, 0.4) is 0 Å². The van der Waals surface area contributed by atoms with Gasteiger partial charge in [0.05, 0.1) is 10.8 Å². The summed E-state index contributed by atoms with van der Waals surface area (Å²) in [4.78, 5) is 2.40. The van der Waals surface area contributed by atoms with E-state index in [1.54, 1.807) is 0 Å². The first-order valence-electron chi connectivity index (χ1n) is 21.9. The van der Waals surface area contributed by atoms with Crippen molar-refractivity contribution in [1.29, 1.82) is 0 Å². The van der Waals surface area contributed by atoms with Gasteiger partial charge in [-0.2, -0.15) is 0 Å². The molecule has 0 N–H and O–H groups in total. The van der Waals surface area contributed by atoms with Gasteiger partial charge in [0, 0.05) is 17.1 Å². The molecule has 10 aromatic carbocycles. The molecule has 0 unspecified atom stereocenters. The lowest BCUT2D eigenvalue weighted by molar-refractivity contribution is 0.768. The van der Waals surface area contributed by atoms with Gasteiger partial charge < -0.3 is 4.90 Å². The van der Waals surface area contributed by atoms with E-state index in [4.69, 9.17) is 0 Å². The van der Waals surface area contributed by atoms with Crippen LogP contribution < -0.4 is 4.90 Å². The quantitative estimate of drug-likeness (QED) is 0.148. The SMILES string of the molecule is c1ccc(-c2ccc(N(c3ccc(C4(c5ccccc5)c5ccccc5-c5ccccc54)cc3)c3ccc(C4(c5ccccc5)c5ccccc5-c5ccccc54)cc3)cc2)cc1. The standard InChI is InChI=1S/C62H43N/c1-4-18-44(19-5-1)45-32-38-50(39-33-45)63(51-40-34-48(35-41-51)61(46-20-6-2-7-21-46)57-28-14-10-24-53(57)54-25-11-15-29-58(54)61)52-42-36-49(37-43-52)62(47-22-8-3-9-23-47)59-30-16-12-26-55(59)56-27-13-17-31-60(56)62/h1-43H. The molecule has 2 aliphatic rings. The van der Waals surface area contributed by atoms with Crippen molar-refractivity contribution >= 4 is 17.1 Å². The Morgan fingerprint density at radius 3 is 0.810 bits per heavy atom. The van der Waals surface area contributed by atoms with Gasteiger partial charge in [0.15, 0.2) is 0 Å². The van der Waals surface area contributed by atoms with Gasteiger partial charge in [-0.1, -0.05) is 224 Å². The zero-order valence-electron chi connectivity index (χ0n) is 34.8. The number of nitrogens with zero attached hydrogens (tertiary/aromatic N) is 1. The molecule has 2 aliphatic carbocycles. The van der Waals surface area contributed by atoms with Crippen LogP contribution in [-0.2, 0) is 10.8 Å². The van der Waals surface area contributed by atoms with Crippen molar-refractivity contribution in [3.63, 3.8) is 0 Å². The van der Waals surface area contributed by atoms with Gasteiger partial charge in [0.25, 0.3) is 0 Å². The summed E-state index contributed by atoms with van der Waals surface area (Å²) in [6.07, 6.45) is 0. The van der Waals surface area contributed by atoms with Gasteiger partial charge in [-0.25, -0.2) is 0 Å². The fourth-order valence-corrected chi connectivity index (χ4v) is 11.0. The number of hydrogen-bond acceptors (Lipinski definition) is 1. The fourth-order valence-electron chi connectivity index (χ4n) is 11.0. The minimum absolute atomic E-state index is 0.462. The predicted octanol–water partition coefficient (Wildman–Crippen LogP) is 15.5. The van der Waals surface area contributed by atoms with Crippen LogP contribution >= 0.6 is 0 Å². The zero-order chi connectivity index (χ0) is 41.8. The van der Waals surface area contributed by atoms with E-state index < -0.39 is 10.8 Å². The summed E-state index contributed by atoms with van der Waals surface area (Å²) in [5.74, 6) is 0. The van der Waals surface area contributed by atoms with Crippen LogP contribution in [0.2, 0.25) is 0 Å². The average Bonchev–Trinajstić information content (AvgIpc) is 3.84. The highest BCUT2D eigenvalue weighted by Gasteiger charge is 2.47. The van der Waals surface area contributed by atoms with Gasteiger partial charge in [-0.05, 0) is 114 Å². The molecule has 0 radical (unpaired) electrons. The molecule has 63 heavy (non-hydrogen) atoms. The Bertz CT molecular complexity index is 2970. The van der Waals surface area contributed by atoms with Crippen molar-refractivity contribution in [1.82, 2.24) is 0 Å². The molecular weight excluding hydrogens is 759 g/mol. The van der Waals surface area contributed by atoms with Gasteiger partial charge in [0.1, 0.15) is 0 Å². The maximum absolute atomic E-state index is 2.40. The maximum atomic E-state index is 2.40. The van der Waals surface area contributed by atoms with E-state index in [-0.39, 0.29) is 0 Å². The predicted molar refractivity (Wildman–Crippen MR) is 261 cm³/mol. The summed E-state index contributed by atoms with van der Waals surface area (Å²) in [5.41, 5.74) is 20.2. The third-order valence-electron chi connectivity index (χ3n) is 13.7. The van der Waals surface area contributed by atoms with Crippen LogP contribution in [0.5, 0.6) is 0 Å². The van der Waals surface area contributed by atoms with E-state index >= 15 is 0 Å². The van der Waals surface area contributed by atoms with E-state index in [2.05, 4.69) is 266 Å². The van der Waals surface area contributed by atoms with Gasteiger partial charge >= 0.3 is 0 Å². The van der Waals surface area contributed by atoms with Crippen molar-refractivity contribution < 1.29 is 0 Å². The molecule has 10 aromatic rings. The molecule has 0 bridgehead atoms. The Kier molecular flexibility index (Phi) is 8.69. The highest BCUT2D eigenvalue weighted by atomic mass is 15.1. The van der Waals surface area contributed by atoms with Gasteiger partial charge in [-0.3, -0.25) is 0 Å². The van der Waals surface area contributed by atoms with Crippen LogP contribution in [0.1, 0.15) is 44.5 Å². The number of rotatable bonds is 8. The van der Waals surface area contributed by atoms with Crippen LogP contribution in [0, 0.1) is 0 Å². The molecule has 0 spiro atoms. The molecule has 296 valence electrons. The molecule has 0 amide bonds. The average molecular weight is 802 g/mol. The monoisotopic (exact) mass is 801 g/mol. The molecule has 0 atom stereocenters. The Morgan fingerprint density at radius 1 is 0.206 bits per heavy atom. The van der Waals surface area contributed by atoms with Crippen molar-refractivity contribution in [3.8, 4) is 33.4 Å². The summed E-state index contributed by atoms with van der Waals surface area (Å²) in [7, 11) is 0. The van der Waals surface area contributed by atoms with E-state index in [1.165, 1.54) is 77.9 Å². The second kappa shape index (κ2) is 14.9. The fraction of sp³-hybridized carbons (Fsp3) is 0.0323. The summed E-state index contributed by atoms with van der Waals surface area (Å²) < 4.78 is 0. The number of benzene rings is 10. The number of fused-ring (bicyclic) bond motifs is 6. The van der Waals surface area contributed by atoms with Crippen LogP contribution in [0.4, 0.5) is 17.1 Å². The second-order valence-corrected chi connectivity index (χ2v) is 16.8. The smallest absolute Gasteiger partial charge is 0.0713 e. The van der Waals surface area contributed by atoms with E-state index in [9.17, 15) is 0 Å². The molecule has 0 saturated heterocycles. The Morgan fingerprint density at radius 2 is 0.460 bits per heavy atom. The van der Waals surface area contributed by atoms with E-state index in [1.807, 2.05) is 0 Å². The van der Waals surface area contributed by atoms with Crippen molar-refractivity contribution in [2.45, 2.75) is 10.8 Å². The first-order valence-corrected chi connectivity index (χ1v) is 21.9. The Labute approximate surface area is 369 Å².